The van der Waals surface area contributed by atoms with Gasteiger partial charge in [0.2, 0.25) is 10.0 Å². The SMILES string of the molecule is CSc1ncc(C(=O)N2CCN(S(=O)(=O)c3cccc(Cl)c3)CC2)n1-c1ccccc1. The van der Waals surface area contributed by atoms with Gasteiger partial charge in [-0.2, -0.15) is 4.31 Å². The van der Waals surface area contributed by atoms with E-state index in [1.54, 1.807) is 23.2 Å². The van der Waals surface area contributed by atoms with E-state index < -0.39 is 10.0 Å². The summed E-state index contributed by atoms with van der Waals surface area (Å²) in [6, 6.07) is 15.8. The zero-order chi connectivity index (χ0) is 22.0. The third kappa shape index (κ3) is 4.36. The predicted molar refractivity (Wildman–Crippen MR) is 121 cm³/mol. The number of imidazole rings is 1. The molecule has 0 saturated carbocycles. The van der Waals surface area contributed by atoms with Crippen LogP contribution in [0.4, 0.5) is 0 Å². The maximum absolute atomic E-state index is 13.3. The molecule has 162 valence electrons. The second-order valence-electron chi connectivity index (χ2n) is 6.95. The summed E-state index contributed by atoms with van der Waals surface area (Å²) >= 11 is 7.42. The van der Waals surface area contributed by atoms with Crippen LogP contribution in [0.2, 0.25) is 5.02 Å². The second-order valence-corrected chi connectivity index (χ2v) is 10.1. The molecule has 0 radical (unpaired) electrons. The number of hydrogen-bond acceptors (Lipinski definition) is 5. The summed E-state index contributed by atoms with van der Waals surface area (Å²) in [5.74, 6) is -0.170. The topological polar surface area (TPSA) is 75.5 Å². The van der Waals surface area contributed by atoms with E-state index in [4.69, 9.17) is 11.6 Å². The molecular weight excluding hydrogens is 456 g/mol. The molecule has 1 saturated heterocycles. The number of piperazine rings is 1. The molecule has 0 N–H and O–H groups in total. The summed E-state index contributed by atoms with van der Waals surface area (Å²) in [4.78, 5) is 19.5. The van der Waals surface area contributed by atoms with Crippen molar-refractivity contribution in [1.82, 2.24) is 18.8 Å². The van der Waals surface area contributed by atoms with E-state index in [1.165, 1.54) is 28.2 Å². The van der Waals surface area contributed by atoms with Gasteiger partial charge in [0.15, 0.2) is 5.16 Å². The van der Waals surface area contributed by atoms with Crippen LogP contribution in [0, 0.1) is 0 Å². The lowest BCUT2D eigenvalue weighted by Gasteiger charge is -2.34. The third-order valence-electron chi connectivity index (χ3n) is 5.11. The Morgan fingerprint density at radius 3 is 2.39 bits per heavy atom. The minimum Gasteiger partial charge on any atom is -0.335 e. The molecule has 3 aromatic rings. The number of rotatable bonds is 5. The number of nitrogens with zero attached hydrogens (tertiary/aromatic N) is 4. The highest BCUT2D eigenvalue weighted by Gasteiger charge is 2.32. The summed E-state index contributed by atoms with van der Waals surface area (Å²) in [6.07, 6.45) is 3.49. The standard InChI is InChI=1S/C21H21ClN4O3S2/c1-30-21-23-15-19(26(21)17-7-3-2-4-8-17)20(27)24-10-12-25(13-11-24)31(28,29)18-9-5-6-16(22)14-18/h2-9,14-15H,10-13H2,1H3. The first-order valence-electron chi connectivity index (χ1n) is 9.64. The van der Waals surface area contributed by atoms with Crippen molar-refractivity contribution in [2.24, 2.45) is 0 Å². The Kier molecular flexibility index (Phi) is 6.38. The molecule has 1 amide bonds. The van der Waals surface area contributed by atoms with Crippen LogP contribution in [0.5, 0.6) is 0 Å². The molecule has 1 aromatic heterocycles. The van der Waals surface area contributed by atoms with Gasteiger partial charge in [0.05, 0.1) is 11.1 Å². The van der Waals surface area contributed by atoms with Crippen molar-refractivity contribution in [2.45, 2.75) is 10.1 Å². The van der Waals surface area contributed by atoms with Crippen LogP contribution in [0.3, 0.4) is 0 Å². The Labute approximate surface area is 190 Å². The number of amides is 1. The van der Waals surface area contributed by atoms with Crippen LogP contribution in [-0.4, -0.2) is 65.5 Å². The Morgan fingerprint density at radius 2 is 1.74 bits per heavy atom. The van der Waals surface area contributed by atoms with Gasteiger partial charge in [-0.3, -0.25) is 9.36 Å². The maximum atomic E-state index is 13.3. The van der Waals surface area contributed by atoms with E-state index in [0.717, 1.165) is 10.8 Å². The van der Waals surface area contributed by atoms with Gasteiger partial charge in [0.25, 0.3) is 5.91 Å². The van der Waals surface area contributed by atoms with Crippen LogP contribution in [-0.2, 0) is 10.0 Å². The first-order chi connectivity index (χ1) is 14.9. The molecule has 0 unspecified atom stereocenters. The van der Waals surface area contributed by atoms with Crippen molar-refractivity contribution < 1.29 is 13.2 Å². The summed E-state index contributed by atoms with van der Waals surface area (Å²) in [5, 5.41) is 1.09. The highest BCUT2D eigenvalue weighted by Crippen LogP contribution is 2.24. The predicted octanol–water partition coefficient (Wildman–Crippen LogP) is 3.39. The third-order valence-corrected chi connectivity index (χ3v) is 7.89. The lowest BCUT2D eigenvalue weighted by molar-refractivity contribution is 0.0689. The van der Waals surface area contributed by atoms with Gasteiger partial charge in [-0.05, 0) is 36.6 Å². The number of hydrogen-bond donors (Lipinski definition) is 0. The number of thioether (sulfide) groups is 1. The molecule has 7 nitrogen and oxygen atoms in total. The van der Waals surface area contributed by atoms with Gasteiger partial charge in [-0.25, -0.2) is 13.4 Å². The number of benzene rings is 2. The lowest BCUT2D eigenvalue weighted by Crippen LogP contribution is -2.50. The quantitative estimate of drug-likeness (QED) is 0.527. The zero-order valence-electron chi connectivity index (χ0n) is 16.8. The molecule has 0 bridgehead atoms. The minimum absolute atomic E-state index is 0.159. The Balaban J connectivity index is 1.53. The average molecular weight is 477 g/mol. The van der Waals surface area contributed by atoms with E-state index >= 15 is 0 Å². The molecule has 31 heavy (non-hydrogen) atoms. The fraction of sp³-hybridized carbons (Fsp3) is 0.238. The van der Waals surface area contributed by atoms with Gasteiger partial charge in [0, 0.05) is 36.9 Å². The first kappa shape index (κ1) is 21.9. The number of halogens is 1. The number of aromatic nitrogens is 2. The van der Waals surface area contributed by atoms with E-state index in [-0.39, 0.29) is 23.9 Å². The molecule has 1 aliphatic rings. The van der Waals surface area contributed by atoms with Gasteiger partial charge >= 0.3 is 0 Å². The maximum Gasteiger partial charge on any atom is 0.272 e. The normalized spacial score (nSPS) is 15.2. The van der Waals surface area contributed by atoms with Crippen LogP contribution < -0.4 is 0 Å². The highest BCUT2D eigenvalue weighted by molar-refractivity contribution is 7.98. The number of carbonyl (C=O) groups excluding carboxylic acids is 1. The Hall–Kier alpha value is -2.33. The molecule has 0 aliphatic carbocycles. The van der Waals surface area contributed by atoms with Gasteiger partial charge in [-0.1, -0.05) is 47.6 Å². The molecule has 1 fully saturated rings. The number of carbonyl (C=O) groups is 1. The van der Waals surface area contributed by atoms with Crippen molar-refractivity contribution in [1.29, 1.82) is 0 Å². The van der Waals surface area contributed by atoms with E-state index in [0.29, 0.717) is 23.8 Å². The van der Waals surface area contributed by atoms with Crippen LogP contribution >= 0.6 is 23.4 Å². The summed E-state index contributed by atoms with van der Waals surface area (Å²) in [7, 11) is -3.66. The summed E-state index contributed by atoms with van der Waals surface area (Å²) in [5.41, 5.74) is 1.32. The number of sulfonamides is 1. The molecule has 1 aliphatic heterocycles. The zero-order valence-corrected chi connectivity index (χ0v) is 19.2. The summed E-state index contributed by atoms with van der Waals surface area (Å²) < 4.78 is 29.1. The fourth-order valence-electron chi connectivity index (χ4n) is 3.53. The Morgan fingerprint density at radius 1 is 1.03 bits per heavy atom. The molecule has 10 heteroatoms. The first-order valence-corrected chi connectivity index (χ1v) is 12.7. The molecule has 0 atom stereocenters. The second kappa shape index (κ2) is 9.04. The molecular formula is C21H21ClN4O3S2. The van der Waals surface area contributed by atoms with Crippen molar-refractivity contribution in [3.05, 3.63) is 71.5 Å². The van der Waals surface area contributed by atoms with Crippen molar-refractivity contribution in [3.63, 3.8) is 0 Å². The lowest BCUT2D eigenvalue weighted by atomic mass is 10.3. The van der Waals surface area contributed by atoms with Gasteiger partial charge in [0.1, 0.15) is 5.69 Å². The molecule has 4 rings (SSSR count). The molecule has 0 spiro atoms. The molecule has 2 aromatic carbocycles. The van der Waals surface area contributed by atoms with Crippen molar-refractivity contribution >= 4 is 39.3 Å². The molecule has 2 heterocycles. The van der Waals surface area contributed by atoms with E-state index in [9.17, 15) is 13.2 Å². The van der Waals surface area contributed by atoms with Crippen LogP contribution in [0.1, 0.15) is 10.5 Å². The van der Waals surface area contributed by atoms with Crippen molar-refractivity contribution in [2.75, 3.05) is 32.4 Å². The van der Waals surface area contributed by atoms with Gasteiger partial charge < -0.3 is 4.90 Å². The Bertz CT molecular complexity index is 1190. The van der Waals surface area contributed by atoms with E-state index in [1.807, 2.05) is 41.2 Å². The summed E-state index contributed by atoms with van der Waals surface area (Å²) in [6.45, 7) is 1.03. The minimum atomic E-state index is -3.66. The monoisotopic (exact) mass is 476 g/mol. The average Bonchev–Trinajstić information content (AvgIpc) is 3.23. The van der Waals surface area contributed by atoms with Crippen molar-refractivity contribution in [3.8, 4) is 5.69 Å². The smallest absolute Gasteiger partial charge is 0.272 e. The highest BCUT2D eigenvalue weighted by atomic mass is 35.5. The van der Waals surface area contributed by atoms with E-state index in [2.05, 4.69) is 4.98 Å². The van der Waals surface area contributed by atoms with Crippen LogP contribution in [0.15, 0.2) is 70.8 Å². The van der Waals surface area contributed by atoms with Gasteiger partial charge in [-0.15, -0.1) is 0 Å². The number of para-hydroxylation sites is 1. The van der Waals surface area contributed by atoms with Crippen LogP contribution in [0.25, 0.3) is 5.69 Å². The fourth-order valence-corrected chi connectivity index (χ4v) is 5.79. The largest absolute Gasteiger partial charge is 0.335 e.